The summed E-state index contributed by atoms with van der Waals surface area (Å²) in [6.07, 6.45) is 0. The lowest BCUT2D eigenvalue weighted by Gasteiger charge is -2.16. The van der Waals surface area contributed by atoms with Crippen LogP contribution in [0.15, 0.2) is 24.3 Å². The first kappa shape index (κ1) is 14.0. The van der Waals surface area contributed by atoms with Crippen LogP contribution in [0, 0.1) is 11.3 Å². The summed E-state index contributed by atoms with van der Waals surface area (Å²) in [7, 11) is 4.00. The molecule has 0 aliphatic rings. The van der Waals surface area contributed by atoms with Gasteiger partial charge < -0.3 is 4.90 Å². The molecule has 1 aromatic carbocycles. The van der Waals surface area contributed by atoms with E-state index in [4.69, 9.17) is 17.5 Å². The Morgan fingerprint density at radius 1 is 1.29 bits per heavy atom. The van der Waals surface area contributed by atoms with Crippen LogP contribution in [-0.2, 0) is 0 Å². The van der Waals surface area contributed by atoms with E-state index in [2.05, 4.69) is 6.07 Å². The molecule has 1 rings (SSSR count). The largest absolute Gasteiger partial charge is 0.378 e. The zero-order valence-electron chi connectivity index (χ0n) is 10.5. The van der Waals surface area contributed by atoms with E-state index in [1.165, 1.54) is 11.8 Å². The monoisotopic (exact) mass is 264 g/mol. The molecule has 0 unspecified atom stereocenters. The Bertz CT molecular complexity index is 441. The number of nitriles is 1. The third-order valence-electron chi connectivity index (χ3n) is 2.24. The van der Waals surface area contributed by atoms with E-state index in [0.29, 0.717) is 0 Å². The summed E-state index contributed by atoms with van der Waals surface area (Å²) in [4.78, 5) is 2.04. The van der Waals surface area contributed by atoms with Crippen LogP contribution in [0.1, 0.15) is 19.4 Å². The molecule has 90 valence electrons. The van der Waals surface area contributed by atoms with Gasteiger partial charge in [0.1, 0.15) is 4.75 Å². The first-order valence-corrected chi connectivity index (χ1v) is 6.50. The molecule has 0 fully saturated rings. The molecule has 4 heteroatoms. The fourth-order valence-corrected chi connectivity index (χ4v) is 2.73. The van der Waals surface area contributed by atoms with Crippen LogP contribution in [0.3, 0.4) is 0 Å². The molecule has 17 heavy (non-hydrogen) atoms. The predicted octanol–water partition coefficient (Wildman–Crippen LogP) is 3.46. The maximum Gasteiger partial charge on any atom is 0.102 e. The van der Waals surface area contributed by atoms with Crippen molar-refractivity contribution in [2.24, 2.45) is 0 Å². The van der Waals surface area contributed by atoms with Crippen molar-refractivity contribution in [3.05, 3.63) is 29.8 Å². The Kier molecular flexibility index (Phi) is 4.55. The van der Waals surface area contributed by atoms with Crippen LogP contribution in [0.25, 0.3) is 0 Å². The molecule has 0 radical (unpaired) electrons. The van der Waals surface area contributed by atoms with Crippen LogP contribution in [0.2, 0.25) is 0 Å². The van der Waals surface area contributed by atoms with Crippen LogP contribution in [0.4, 0.5) is 5.69 Å². The van der Waals surface area contributed by atoms with Gasteiger partial charge in [-0.05, 0) is 31.5 Å². The highest BCUT2D eigenvalue weighted by Gasteiger charge is 2.20. The van der Waals surface area contributed by atoms with Crippen LogP contribution >= 0.6 is 24.0 Å². The molecular formula is C13H16N2S2. The lowest BCUT2D eigenvalue weighted by Crippen LogP contribution is -2.14. The molecule has 2 nitrogen and oxygen atoms in total. The second-order valence-electron chi connectivity index (χ2n) is 4.45. The Labute approximate surface area is 113 Å². The summed E-state index contributed by atoms with van der Waals surface area (Å²) in [5.41, 5.74) is 2.14. The second kappa shape index (κ2) is 5.52. The van der Waals surface area contributed by atoms with E-state index in [1.54, 1.807) is 0 Å². The smallest absolute Gasteiger partial charge is 0.102 e. The minimum Gasteiger partial charge on any atom is -0.378 e. The van der Waals surface area contributed by atoms with Crippen LogP contribution in [0.5, 0.6) is 0 Å². The molecule has 1 aromatic rings. The molecule has 0 spiro atoms. The zero-order chi connectivity index (χ0) is 13.1. The first-order chi connectivity index (χ1) is 7.85. The van der Waals surface area contributed by atoms with Crippen molar-refractivity contribution in [2.45, 2.75) is 18.6 Å². The highest BCUT2D eigenvalue weighted by atomic mass is 32.2. The molecule has 0 saturated heterocycles. The van der Waals surface area contributed by atoms with Crippen LogP contribution < -0.4 is 4.90 Å². The lowest BCUT2D eigenvalue weighted by molar-refractivity contribution is 0.921. The molecule has 0 atom stereocenters. The lowest BCUT2D eigenvalue weighted by atomic mass is 10.2. The SMILES string of the molecule is CN(C)c1ccc(C(=S)SC(C)(C)C#N)cc1. The number of benzene rings is 1. The molecule has 0 aliphatic carbocycles. The van der Waals surface area contributed by atoms with Crippen molar-refractivity contribution in [2.75, 3.05) is 19.0 Å². The second-order valence-corrected chi connectivity index (χ2v) is 6.75. The average molecular weight is 264 g/mol. The van der Waals surface area contributed by atoms with Gasteiger partial charge >= 0.3 is 0 Å². The maximum absolute atomic E-state index is 8.97. The van der Waals surface area contributed by atoms with Crippen molar-refractivity contribution >= 4 is 33.9 Å². The molecule has 0 aromatic heterocycles. The highest BCUT2D eigenvalue weighted by Crippen LogP contribution is 2.28. The predicted molar refractivity (Wildman–Crippen MR) is 79.8 cm³/mol. The minimum absolute atomic E-state index is 0.475. The van der Waals surface area contributed by atoms with E-state index in [0.717, 1.165) is 15.4 Å². The van der Waals surface area contributed by atoms with Gasteiger partial charge in [-0.25, -0.2) is 0 Å². The molecular weight excluding hydrogens is 248 g/mol. The summed E-state index contributed by atoms with van der Waals surface area (Å²) in [5, 5.41) is 8.97. The van der Waals surface area contributed by atoms with Gasteiger partial charge in [0.25, 0.3) is 0 Å². The fraction of sp³-hybridized carbons (Fsp3) is 0.385. The topological polar surface area (TPSA) is 27.0 Å². The maximum atomic E-state index is 8.97. The van der Waals surface area contributed by atoms with Crippen molar-refractivity contribution in [3.63, 3.8) is 0 Å². The molecule has 0 aliphatic heterocycles. The van der Waals surface area contributed by atoms with Crippen molar-refractivity contribution in [1.29, 1.82) is 5.26 Å². The number of thiocarbonyl (C=S) groups is 1. The van der Waals surface area contributed by atoms with Gasteiger partial charge in [-0.3, -0.25) is 0 Å². The summed E-state index contributed by atoms with van der Waals surface area (Å²) in [6, 6.07) is 10.3. The van der Waals surface area contributed by atoms with Gasteiger partial charge in [0.15, 0.2) is 0 Å². The fourth-order valence-electron chi connectivity index (χ4n) is 1.21. The molecule has 0 saturated carbocycles. The molecule has 0 heterocycles. The first-order valence-electron chi connectivity index (χ1n) is 5.28. The van der Waals surface area contributed by atoms with Gasteiger partial charge in [0.2, 0.25) is 0 Å². The quantitative estimate of drug-likeness (QED) is 0.781. The van der Waals surface area contributed by atoms with Crippen molar-refractivity contribution < 1.29 is 0 Å². The summed E-state index contributed by atoms with van der Waals surface area (Å²) in [6.45, 7) is 3.75. The average Bonchev–Trinajstić information content (AvgIpc) is 2.28. The minimum atomic E-state index is -0.475. The Hall–Kier alpha value is -1.05. The Morgan fingerprint density at radius 2 is 1.82 bits per heavy atom. The van der Waals surface area contributed by atoms with Gasteiger partial charge in [-0.2, -0.15) is 5.26 Å². The van der Waals surface area contributed by atoms with Gasteiger partial charge in [-0.1, -0.05) is 36.1 Å². The third-order valence-corrected chi connectivity index (χ3v) is 3.74. The number of thioether (sulfide) groups is 1. The molecule has 0 N–H and O–H groups in total. The standard InChI is InChI=1S/C13H16N2S2/c1-13(2,9-14)17-12(16)10-5-7-11(8-6-10)15(3)4/h5-8H,1-4H3. The number of rotatable bonds is 3. The van der Waals surface area contributed by atoms with Gasteiger partial charge in [0, 0.05) is 19.8 Å². The Balaban J connectivity index is 2.81. The normalized spacial score (nSPS) is 10.8. The summed E-state index contributed by atoms with van der Waals surface area (Å²) >= 11 is 6.77. The van der Waals surface area contributed by atoms with E-state index in [-0.39, 0.29) is 0 Å². The number of hydrogen-bond acceptors (Lipinski definition) is 4. The third kappa shape index (κ3) is 4.03. The van der Waals surface area contributed by atoms with E-state index in [9.17, 15) is 0 Å². The summed E-state index contributed by atoms with van der Waals surface area (Å²) < 4.78 is 0.291. The molecule has 0 bridgehead atoms. The van der Waals surface area contributed by atoms with Gasteiger partial charge in [0.05, 0.1) is 10.3 Å². The molecule has 0 amide bonds. The number of anilines is 1. The summed E-state index contributed by atoms with van der Waals surface area (Å²) in [5.74, 6) is 0. The van der Waals surface area contributed by atoms with E-state index >= 15 is 0 Å². The Morgan fingerprint density at radius 3 is 2.24 bits per heavy atom. The van der Waals surface area contributed by atoms with Crippen molar-refractivity contribution in [1.82, 2.24) is 0 Å². The number of nitrogens with zero attached hydrogens (tertiary/aromatic N) is 2. The number of hydrogen-bond donors (Lipinski definition) is 0. The van der Waals surface area contributed by atoms with Gasteiger partial charge in [-0.15, -0.1) is 0 Å². The van der Waals surface area contributed by atoms with Crippen molar-refractivity contribution in [3.8, 4) is 6.07 Å². The zero-order valence-corrected chi connectivity index (χ0v) is 12.2. The van der Waals surface area contributed by atoms with Crippen LogP contribution in [-0.4, -0.2) is 23.0 Å². The van der Waals surface area contributed by atoms with E-state index < -0.39 is 4.75 Å². The highest BCUT2D eigenvalue weighted by molar-refractivity contribution is 8.24. The van der Waals surface area contributed by atoms with E-state index in [1.807, 2.05) is 57.1 Å².